The average Bonchev–Trinajstić information content (AvgIpc) is 3.20. The summed E-state index contributed by atoms with van der Waals surface area (Å²) in [4.78, 5) is 27.0. The van der Waals surface area contributed by atoms with Gasteiger partial charge in [-0.1, -0.05) is 22.7 Å². The zero-order valence-corrected chi connectivity index (χ0v) is 14.2. The Bertz CT molecular complexity index is 893. The topological polar surface area (TPSA) is 104 Å². The molecule has 24 heavy (non-hydrogen) atoms. The summed E-state index contributed by atoms with van der Waals surface area (Å²) in [6, 6.07) is 6.19. The molecule has 0 unspecified atom stereocenters. The van der Waals surface area contributed by atoms with Crippen molar-refractivity contribution in [2.45, 2.75) is 0 Å². The van der Waals surface area contributed by atoms with Gasteiger partial charge in [0.2, 0.25) is 0 Å². The molecule has 1 amide bonds. The number of nitro groups is 1. The van der Waals surface area contributed by atoms with Crippen LogP contribution in [0.25, 0.3) is 10.2 Å². The predicted octanol–water partition coefficient (Wildman–Crippen LogP) is 3.54. The molecule has 0 aliphatic rings. The lowest BCUT2D eigenvalue weighted by atomic mass is 10.3. The Morgan fingerprint density at radius 1 is 1.17 bits per heavy atom. The van der Waals surface area contributed by atoms with Crippen molar-refractivity contribution in [3.8, 4) is 11.5 Å². The first kappa shape index (κ1) is 16.1. The molecule has 0 aliphatic carbocycles. The predicted molar refractivity (Wildman–Crippen MR) is 91.7 cm³/mol. The Morgan fingerprint density at radius 2 is 1.88 bits per heavy atom. The molecule has 0 spiro atoms. The molecule has 0 saturated heterocycles. The van der Waals surface area contributed by atoms with Crippen molar-refractivity contribution in [1.29, 1.82) is 0 Å². The summed E-state index contributed by atoms with van der Waals surface area (Å²) in [5.74, 6) is 0.731. The van der Waals surface area contributed by atoms with Crippen molar-refractivity contribution >= 4 is 48.9 Å². The Balaban J connectivity index is 1.92. The summed E-state index contributed by atoms with van der Waals surface area (Å²) in [6.45, 7) is 0. The van der Waals surface area contributed by atoms with Gasteiger partial charge in [-0.2, -0.15) is 0 Å². The Kier molecular flexibility index (Phi) is 4.32. The highest BCUT2D eigenvalue weighted by molar-refractivity contribution is 7.23. The van der Waals surface area contributed by atoms with E-state index in [0.29, 0.717) is 22.1 Å². The van der Waals surface area contributed by atoms with Gasteiger partial charge in [0.05, 0.1) is 24.0 Å². The van der Waals surface area contributed by atoms with Crippen LogP contribution >= 0.6 is 22.7 Å². The number of benzene rings is 1. The maximum absolute atomic E-state index is 12.2. The number of fused-ring (bicyclic) bond motifs is 1. The maximum Gasteiger partial charge on any atom is 0.324 e. The lowest BCUT2D eigenvalue weighted by Crippen LogP contribution is -2.09. The number of methoxy groups -OCH3 is 2. The molecular formula is C14H11N3O5S2. The smallest absolute Gasteiger partial charge is 0.324 e. The number of carbonyl (C=O) groups excluding carboxylic acids is 1. The number of rotatable bonds is 5. The SMILES string of the molecule is COc1ccc(OC)c2sc(NC(=O)c3ccc([N+](=O)[O-])s3)nc12. The third-order valence-electron chi connectivity index (χ3n) is 3.13. The van der Waals surface area contributed by atoms with Crippen LogP contribution in [0.1, 0.15) is 9.67 Å². The van der Waals surface area contributed by atoms with Crippen molar-refractivity contribution < 1.29 is 19.2 Å². The quantitative estimate of drug-likeness (QED) is 0.548. The van der Waals surface area contributed by atoms with Gasteiger partial charge in [0.15, 0.2) is 5.13 Å². The van der Waals surface area contributed by atoms with E-state index >= 15 is 0 Å². The Morgan fingerprint density at radius 3 is 2.50 bits per heavy atom. The third kappa shape index (κ3) is 2.88. The molecule has 0 radical (unpaired) electrons. The van der Waals surface area contributed by atoms with Gasteiger partial charge < -0.3 is 9.47 Å². The first-order valence-corrected chi connectivity index (χ1v) is 8.24. The minimum Gasteiger partial charge on any atom is -0.495 e. The summed E-state index contributed by atoms with van der Waals surface area (Å²) >= 11 is 2.04. The van der Waals surface area contributed by atoms with Crippen molar-refractivity contribution in [3.63, 3.8) is 0 Å². The van der Waals surface area contributed by atoms with Crippen LogP contribution in [0.4, 0.5) is 10.1 Å². The molecular weight excluding hydrogens is 354 g/mol. The zero-order valence-electron chi connectivity index (χ0n) is 12.6. The fraction of sp³-hybridized carbons (Fsp3) is 0.143. The molecule has 10 heteroatoms. The number of carbonyl (C=O) groups is 1. The van der Waals surface area contributed by atoms with Crippen LogP contribution in [0.5, 0.6) is 11.5 Å². The Labute approximate surface area is 143 Å². The number of nitrogens with zero attached hydrogens (tertiary/aromatic N) is 2. The van der Waals surface area contributed by atoms with E-state index in [1.54, 1.807) is 19.2 Å². The van der Waals surface area contributed by atoms with Gasteiger partial charge in [-0.05, 0) is 18.2 Å². The van der Waals surface area contributed by atoms with Crippen LogP contribution in [-0.4, -0.2) is 30.0 Å². The number of nitrogens with one attached hydrogen (secondary N) is 1. The van der Waals surface area contributed by atoms with Crippen molar-refractivity contribution in [3.05, 3.63) is 39.3 Å². The monoisotopic (exact) mass is 365 g/mol. The summed E-state index contributed by atoms with van der Waals surface area (Å²) < 4.78 is 11.3. The molecule has 1 N–H and O–H groups in total. The second kappa shape index (κ2) is 6.42. The van der Waals surface area contributed by atoms with Crippen LogP contribution in [0, 0.1) is 10.1 Å². The molecule has 2 aromatic heterocycles. The average molecular weight is 365 g/mol. The lowest BCUT2D eigenvalue weighted by Gasteiger charge is -2.03. The van der Waals surface area contributed by atoms with E-state index in [1.807, 2.05) is 0 Å². The van der Waals surface area contributed by atoms with Gasteiger partial charge in [-0.3, -0.25) is 20.2 Å². The lowest BCUT2D eigenvalue weighted by molar-refractivity contribution is -0.380. The number of hydrogen-bond acceptors (Lipinski definition) is 8. The van der Waals surface area contributed by atoms with Gasteiger partial charge in [0, 0.05) is 6.07 Å². The van der Waals surface area contributed by atoms with E-state index in [-0.39, 0.29) is 9.88 Å². The van der Waals surface area contributed by atoms with Gasteiger partial charge in [-0.25, -0.2) is 4.98 Å². The highest BCUT2D eigenvalue weighted by atomic mass is 32.1. The molecule has 0 bridgehead atoms. The highest BCUT2D eigenvalue weighted by Crippen LogP contribution is 2.39. The summed E-state index contributed by atoms with van der Waals surface area (Å²) in [6.07, 6.45) is 0. The third-order valence-corrected chi connectivity index (χ3v) is 5.15. The van der Waals surface area contributed by atoms with Gasteiger partial charge in [-0.15, -0.1) is 0 Å². The van der Waals surface area contributed by atoms with Crippen molar-refractivity contribution in [2.24, 2.45) is 0 Å². The van der Waals surface area contributed by atoms with E-state index in [1.165, 1.54) is 30.6 Å². The first-order valence-electron chi connectivity index (χ1n) is 6.60. The maximum atomic E-state index is 12.2. The fourth-order valence-electron chi connectivity index (χ4n) is 2.05. The van der Waals surface area contributed by atoms with E-state index < -0.39 is 10.8 Å². The second-order valence-electron chi connectivity index (χ2n) is 4.52. The van der Waals surface area contributed by atoms with E-state index in [2.05, 4.69) is 10.3 Å². The van der Waals surface area contributed by atoms with Crippen LogP contribution < -0.4 is 14.8 Å². The second-order valence-corrected chi connectivity index (χ2v) is 6.58. The number of amides is 1. The number of ether oxygens (including phenoxy) is 2. The molecule has 1 aromatic carbocycles. The van der Waals surface area contributed by atoms with Crippen LogP contribution in [0.15, 0.2) is 24.3 Å². The fourth-order valence-corrected chi connectivity index (χ4v) is 3.73. The van der Waals surface area contributed by atoms with E-state index in [4.69, 9.17) is 9.47 Å². The molecule has 3 rings (SSSR count). The Hall–Kier alpha value is -2.72. The van der Waals surface area contributed by atoms with Crippen molar-refractivity contribution in [2.75, 3.05) is 19.5 Å². The number of aromatic nitrogens is 1. The van der Waals surface area contributed by atoms with Crippen LogP contribution in [-0.2, 0) is 0 Å². The van der Waals surface area contributed by atoms with Crippen molar-refractivity contribution in [1.82, 2.24) is 4.98 Å². The largest absolute Gasteiger partial charge is 0.495 e. The zero-order chi connectivity index (χ0) is 17.3. The van der Waals surface area contributed by atoms with Gasteiger partial charge in [0.1, 0.15) is 21.7 Å². The van der Waals surface area contributed by atoms with E-state index in [0.717, 1.165) is 16.0 Å². The summed E-state index contributed by atoms with van der Waals surface area (Å²) in [5.41, 5.74) is 0.578. The highest BCUT2D eigenvalue weighted by Gasteiger charge is 2.18. The van der Waals surface area contributed by atoms with Crippen LogP contribution in [0.2, 0.25) is 0 Å². The molecule has 0 atom stereocenters. The molecule has 0 aliphatic heterocycles. The number of anilines is 1. The molecule has 124 valence electrons. The number of hydrogen-bond donors (Lipinski definition) is 1. The molecule has 2 heterocycles. The van der Waals surface area contributed by atoms with Crippen LogP contribution in [0.3, 0.4) is 0 Å². The normalized spacial score (nSPS) is 10.6. The van der Waals surface area contributed by atoms with Gasteiger partial charge in [0.25, 0.3) is 5.91 Å². The number of thiazole rings is 1. The first-order chi connectivity index (χ1) is 11.5. The summed E-state index contributed by atoms with van der Waals surface area (Å²) in [5, 5.41) is 13.6. The minimum absolute atomic E-state index is 0.0900. The summed E-state index contributed by atoms with van der Waals surface area (Å²) in [7, 11) is 3.08. The molecule has 0 saturated carbocycles. The molecule has 8 nitrogen and oxygen atoms in total. The molecule has 0 fully saturated rings. The standard InChI is InChI=1S/C14H11N3O5S2/c1-21-7-3-4-8(22-2)12-11(7)15-14(24-12)16-13(18)9-5-6-10(23-9)17(19)20/h3-6H,1-2H3,(H,15,16,18). The minimum atomic E-state index is -0.533. The number of thiophene rings is 1. The molecule has 3 aromatic rings. The van der Waals surface area contributed by atoms with Gasteiger partial charge >= 0.3 is 5.00 Å². The van der Waals surface area contributed by atoms with E-state index in [9.17, 15) is 14.9 Å².